The third kappa shape index (κ3) is 7.76. The number of hydrogen-bond donors (Lipinski definition) is 1. The number of carbonyl (C=O) groups excluding carboxylic acids is 1. The van der Waals surface area contributed by atoms with E-state index in [1.54, 1.807) is 18.2 Å². The molecule has 4 atom stereocenters. The summed E-state index contributed by atoms with van der Waals surface area (Å²) in [5.74, 6) is -1.35. The lowest BCUT2D eigenvalue weighted by atomic mass is 9.88. The number of hydrogen-bond acceptors (Lipinski definition) is 7. The van der Waals surface area contributed by atoms with Gasteiger partial charge in [-0.25, -0.2) is 0 Å². The number of methoxy groups -OCH3 is 1. The predicted molar refractivity (Wildman–Crippen MR) is 127 cm³/mol. The normalized spacial score (nSPS) is 25.2. The van der Waals surface area contributed by atoms with Gasteiger partial charge in [0.15, 0.2) is 6.29 Å². The number of benzene rings is 1. The molecule has 1 aliphatic rings. The molecule has 1 aliphatic heterocycles. The van der Waals surface area contributed by atoms with Crippen molar-refractivity contribution < 1.29 is 33.6 Å². The van der Waals surface area contributed by atoms with Crippen molar-refractivity contribution in [3.63, 3.8) is 0 Å². The summed E-state index contributed by atoms with van der Waals surface area (Å²) in [5, 5.41) is 11.9. The largest absolute Gasteiger partial charge is 0.496 e. The lowest BCUT2D eigenvalue weighted by Crippen LogP contribution is -2.58. The lowest BCUT2D eigenvalue weighted by Gasteiger charge is -2.47. The van der Waals surface area contributed by atoms with E-state index >= 15 is 0 Å². The van der Waals surface area contributed by atoms with Crippen molar-refractivity contribution in [1.29, 1.82) is 0 Å². The van der Waals surface area contributed by atoms with Gasteiger partial charge >= 0.3 is 0 Å². The average molecular weight is 467 g/mol. The van der Waals surface area contributed by atoms with Crippen molar-refractivity contribution in [1.82, 2.24) is 0 Å². The van der Waals surface area contributed by atoms with Crippen LogP contribution in [0.25, 0.3) is 0 Å². The fourth-order valence-corrected chi connectivity index (χ4v) is 3.96. The highest BCUT2D eigenvalue weighted by Gasteiger charge is 2.52. The smallest absolute Gasteiger partial charge is 0.222 e. The Labute approximate surface area is 198 Å². The molecule has 1 aromatic rings. The highest BCUT2D eigenvalue weighted by atomic mass is 16.7. The second-order valence-electron chi connectivity index (χ2n) is 8.58. The second kappa shape index (κ2) is 14.7. The fourth-order valence-electron chi connectivity index (χ4n) is 3.96. The van der Waals surface area contributed by atoms with E-state index in [9.17, 15) is 9.90 Å². The maximum absolute atomic E-state index is 11.9. The molecule has 1 heterocycles. The Morgan fingerprint density at radius 2 is 1.73 bits per heavy atom. The van der Waals surface area contributed by atoms with E-state index < -0.39 is 11.9 Å². The van der Waals surface area contributed by atoms with E-state index in [-0.39, 0.29) is 12.2 Å². The maximum atomic E-state index is 11.9. The van der Waals surface area contributed by atoms with Crippen LogP contribution in [0, 0.1) is 0 Å². The minimum absolute atomic E-state index is 0.337. The van der Waals surface area contributed by atoms with E-state index in [2.05, 4.69) is 20.8 Å². The van der Waals surface area contributed by atoms with Gasteiger partial charge < -0.3 is 28.8 Å². The van der Waals surface area contributed by atoms with Gasteiger partial charge in [-0.1, -0.05) is 40.0 Å². The summed E-state index contributed by atoms with van der Waals surface area (Å²) in [5.41, 5.74) is 0.776. The van der Waals surface area contributed by atoms with Gasteiger partial charge in [0, 0.05) is 31.8 Å². The summed E-state index contributed by atoms with van der Waals surface area (Å²) in [4.78, 5) is 11.6. The fraction of sp³-hybridized carbons (Fsp3) is 0.731. The summed E-state index contributed by atoms with van der Waals surface area (Å²) in [6, 6.07) is 4.98. The van der Waals surface area contributed by atoms with Crippen molar-refractivity contribution in [2.75, 3.05) is 33.5 Å². The highest BCUT2D eigenvalue weighted by molar-refractivity contribution is 5.79. The summed E-state index contributed by atoms with van der Waals surface area (Å²) < 4.78 is 29.8. The van der Waals surface area contributed by atoms with Gasteiger partial charge in [0.1, 0.15) is 11.9 Å². The van der Waals surface area contributed by atoms with Crippen LogP contribution in [0.1, 0.15) is 81.6 Å². The van der Waals surface area contributed by atoms with Crippen LogP contribution in [0.15, 0.2) is 18.2 Å². The topological polar surface area (TPSA) is 83.5 Å². The molecule has 1 saturated heterocycles. The molecular weight excluding hydrogens is 424 g/mol. The van der Waals surface area contributed by atoms with Crippen LogP contribution in [0.5, 0.6) is 5.75 Å². The predicted octanol–water partition coefficient (Wildman–Crippen LogP) is 4.63. The van der Waals surface area contributed by atoms with Crippen LogP contribution in [0.4, 0.5) is 0 Å². The van der Waals surface area contributed by atoms with E-state index in [1.807, 2.05) is 0 Å². The molecule has 7 heteroatoms. The zero-order chi connectivity index (χ0) is 24.1. The number of ether oxygens (including phenoxy) is 5. The molecule has 1 aromatic carbocycles. The molecular formula is C26H42O7. The van der Waals surface area contributed by atoms with E-state index in [1.165, 1.54) is 7.11 Å². The van der Waals surface area contributed by atoms with Crippen molar-refractivity contribution >= 4 is 6.29 Å². The molecule has 0 radical (unpaired) electrons. The van der Waals surface area contributed by atoms with Gasteiger partial charge in [0.25, 0.3) is 0 Å². The molecule has 188 valence electrons. The zero-order valence-corrected chi connectivity index (χ0v) is 20.7. The third-order valence-electron chi connectivity index (χ3n) is 5.91. The molecule has 4 unspecified atom stereocenters. The van der Waals surface area contributed by atoms with Crippen molar-refractivity contribution in [2.24, 2.45) is 0 Å². The van der Waals surface area contributed by atoms with Gasteiger partial charge in [0.05, 0.1) is 31.5 Å². The Bertz CT molecular complexity index is 695. The molecule has 1 N–H and O–H groups in total. The minimum Gasteiger partial charge on any atom is -0.496 e. The Balaban J connectivity index is 2.37. The summed E-state index contributed by atoms with van der Waals surface area (Å²) in [7, 11) is 1.51. The Morgan fingerprint density at radius 3 is 2.36 bits per heavy atom. The number of unbranched alkanes of at least 4 members (excludes halogenated alkanes) is 3. The molecule has 0 aliphatic carbocycles. The Hall–Kier alpha value is -1.51. The number of aldehydes is 1. The van der Waals surface area contributed by atoms with Crippen LogP contribution in [-0.2, 0) is 24.7 Å². The first-order chi connectivity index (χ1) is 16.0. The quantitative estimate of drug-likeness (QED) is 0.281. The van der Waals surface area contributed by atoms with Gasteiger partial charge in [-0.15, -0.1) is 0 Å². The number of aliphatic hydroxyl groups is 1. The third-order valence-corrected chi connectivity index (χ3v) is 5.91. The van der Waals surface area contributed by atoms with Gasteiger partial charge in [-0.2, -0.15) is 0 Å². The number of carbonyl (C=O) groups is 1. The first kappa shape index (κ1) is 27.7. The minimum atomic E-state index is -1.79. The van der Waals surface area contributed by atoms with Crippen LogP contribution in [0.3, 0.4) is 0 Å². The van der Waals surface area contributed by atoms with Crippen LogP contribution in [0.2, 0.25) is 0 Å². The van der Waals surface area contributed by atoms with Crippen LogP contribution < -0.4 is 4.74 Å². The van der Waals surface area contributed by atoms with Crippen molar-refractivity contribution in [3.05, 3.63) is 29.3 Å². The summed E-state index contributed by atoms with van der Waals surface area (Å²) in [6.07, 6.45) is 5.59. The number of rotatable bonds is 16. The molecule has 0 aromatic heterocycles. The molecule has 1 fully saturated rings. The molecule has 0 spiro atoms. The summed E-state index contributed by atoms with van der Waals surface area (Å²) in [6.45, 7) is 8.38. The molecule has 0 saturated carbocycles. The van der Waals surface area contributed by atoms with Gasteiger partial charge in [0.2, 0.25) is 5.79 Å². The van der Waals surface area contributed by atoms with Crippen LogP contribution in [-0.4, -0.2) is 63.2 Å². The summed E-state index contributed by atoms with van der Waals surface area (Å²) >= 11 is 0. The molecule has 0 amide bonds. The first-order valence-electron chi connectivity index (χ1n) is 12.4. The van der Waals surface area contributed by atoms with Crippen molar-refractivity contribution in [2.45, 2.75) is 89.8 Å². The monoisotopic (exact) mass is 466 g/mol. The lowest BCUT2D eigenvalue weighted by molar-refractivity contribution is -0.348. The van der Waals surface area contributed by atoms with Crippen LogP contribution >= 0.6 is 0 Å². The van der Waals surface area contributed by atoms with Gasteiger partial charge in [-0.3, -0.25) is 4.79 Å². The molecule has 2 rings (SSSR count). The van der Waals surface area contributed by atoms with Crippen molar-refractivity contribution in [3.8, 4) is 5.75 Å². The Kier molecular flexibility index (Phi) is 12.3. The van der Waals surface area contributed by atoms with E-state index in [0.717, 1.165) is 38.5 Å². The van der Waals surface area contributed by atoms with E-state index in [0.29, 0.717) is 56.0 Å². The second-order valence-corrected chi connectivity index (χ2v) is 8.58. The van der Waals surface area contributed by atoms with Gasteiger partial charge in [-0.05, 0) is 37.5 Å². The maximum Gasteiger partial charge on any atom is 0.222 e. The standard InChI is InChI=1S/C26H42O7/c1-5-8-13-30-19-22-17-24(31-14-9-6-2)25(32-15-10-7-3)26(28,33-22)21-11-12-23(29-4)20(16-21)18-27/h11-12,16,18,22,24-25,28H,5-10,13-15,17,19H2,1-4H3. The average Bonchev–Trinajstić information content (AvgIpc) is 2.83. The first-order valence-corrected chi connectivity index (χ1v) is 12.4. The SMILES string of the molecule is CCCCOCC1CC(OCCCC)C(OCCCC)C(O)(c2ccc(OC)c(C=O)c2)O1. The molecule has 0 bridgehead atoms. The molecule has 33 heavy (non-hydrogen) atoms. The molecule has 7 nitrogen and oxygen atoms in total. The highest BCUT2D eigenvalue weighted by Crippen LogP contribution is 2.40. The van der Waals surface area contributed by atoms with E-state index in [4.69, 9.17) is 23.7 Å². The zero-order valence-electron chi connectivity index (χ0n) is 20.7. The Morgan fingerprint density at radius 1 is 1.06 bits per heavy atom.